The van der Waals surface area contributed by atoms with Crippen molar-refractivity contribution < 1.29 is 19.1 Å². The van der Waals surface area contributed by atoms with Crippen LogP contribution in [0.5, 0.6) is 0 Å². The number of benzene rings is 3. The third-order valence-electron chi connectivity index (χ3n) is 4.64. The van der Waals surface area contributed by atoms with Crippen LogP contribution < -0.4 is 0 Å². The highest BCUT2D eigenvalue weighted by Crippen LogP contribution is 2.30. The van der Waals surface area contributed by atoms with E-state index in [0.29, 0.717) is 16.7 Å². The molecule has 0 saturated carbocycles. The molecule has 3 aromatic carbocycles. The molecule has 0 bridgehead atoms. The molecule has 0 saturated heterocycles. The van der Waals surface area contributed by atoms with Gasteiger partial charge >= 0.3 is 0 Å². The van der Waals surface area contributed by atoms with Crippen LogP contribution in [0.2, 0.25) is 0 Å². The predicted molar refractivity (Wildman–Crippen MR) is 115 cm³/mol. The third kappa shape index (κ3) is 4.56. The van der Waals surface area contributed by atoms with E-state index >= 15 is 0 Å². The zero-order chi connectivity index (χ0) is 20.7. The van der Waals surface area contributed by atoms with Crippen molar-refractivity contribution in [1.82, 2.24) is 0 Å². The first-order valence-corrected chi connectivity index (χ1v) is 10.0. The Kier molecular flexibility index (Phi) is 6.82. The first-order valence-electron chi connectivity index (χ1n) is 9.20. The molecule has 0 radical (unpaired) electrons. The fourth-order valence-electron chi connectivity index (χ4n) is 3.19. The average Bonchev–Trinajstić information content (AvgIpc) is 2.79. The molecule has 0 aliphatic rings. The van der Waals surface area contributed by atoms with Crippen molar-refractivity contribution in [3.05, 3.63) is 108 Å². The Bertz CT molecular complexity index is 934. The lowest BCUT2D eigenvalue weighted by atomic mass is 9.80. The quantitative estimate of drug-likeness (QED) is 0.297. The van der Waals surface area contributed by atoms with E-state index in [1.54, 1.807) is 91.0 Å². The topological polar surface area (TPSA) is 60.4 Å². The second-order valence-electron chi connectivity index (χ2n) is 6.49. The second-order valence-corrected chi connectivity index (χ2v) is 6.83. The third-order valence-corrected chi connectivity index (χ3v) is 4.81. The largest absolute Gasteiger partial charge is 0.354 e. The Morgan fingerprint density at radius 2 is 1.03 bits per heavy atom. The van der Waals surface area contributed by atoms with Crippen LogP contribution in [-0.4, -0.2) is 29.3 Å². The summed E-state index contributed by atoms with van der Waals surface area (Å²) in [6.07, 6.45) is -0.355. The van der Waals surface area contributed by atoms with Crippen LogP contribution in [0.1, 0.15) is 37.5 Å². The van der Waals surface area contributed by atoms with Gasteiger partial charge in [-0.25, -0.2) is 0 Å². The molecule has 0 aliphatic carbocycles. The highest BCUT2D eigenvalue weighted by atomic mass is 31.0. The molecule has 0 amide bonds. The summed E-state index contributed by atoms with van der Waals surface area (Å²) in [7, 11) is 2.36. The number of ketones is 3. The number of hydrogen-bond donors (Lipinski definition) is 0. The van der Waals surface area contributed by atoms with Gasteiger partial charge in [-0.3, -0.25) is 14.4 Å². The molecule has 0 aromatic heterocycles. The average molecular weight is 404 g/mol. The fraction of sp³-hybridized carbons (Fsp3) is 0.125. The van der Waals surface area contributed by atoms with E-state index in [4.69, 9.17) is 4.74 Å². The highest BCUT2D eigenvalue weighted by Gasteiger charge is 2.49. The van der Waals surface area contributed by atoms with E-state index in [-0.39, 0.29) is 18.6 Å². The molecule has 5 heteroatoms. The minimum Gasteiger partial charge on any atom is -0.354 e. The monoisotopic (exact) mass is 404 g/mol. The van der Waals surface area contributed by atoms with Gasteiger partial charge in [-0.05, 0) is 0 Å². The Morgan fingerprint density at radius 3 is 1.41 bits per heavy atom. The summed E-state index contributed by atoms with van der Waals surface area (Å²) in [4.78, 5) is 40.1. The number of rotatable bonds is 9. The number of carbonyl (C=O) groups is 3. The summed E-state index contributed by atoms with van der Waals surface area (Å²) in [5.41, 5.74) is -0.893. The molecule has 0 spiro atoms. The van der Waals surface area contributed by atoms with Gasteiger partial charge in [0.15, 0.2) is 5.78 Å². The summed E-state index contributed by atoms with van der Waals surface area (Å²) in [6, 6.07) is 25.5. The van der Waals surface area contributed by atoms with Gasteiger partial charge in [0, 0.05) is 16.7 Å². The van der Waals surface area contributed by atoms with Crippen molar-refractivity contribution in [3.8, 4) is 0 Å². The maximum Gasteiger partial charge on any atom is 0.203 e. The van der Waals surface area contributed by atoms with E-state index in [1.165, 1.54) is 0 Å². The zero-order valence-corrected chi connectivity index (χ0v) is 16.9. The van der Waals surface area contributed by atoms with E-state index < -0.39 is 17.2 Å². The lowest BCUT2D eigenvalue weighted by molar-refractivity contribution is 0.000764. The lowest BCUT2D eigenvalue weighted by Gasteiger charge is -2.30. The Morgan fingerprint density at radius 1 is 0.655 bits per heavy atom. The standard InChI is InChI=1S/C24H21O4P/c25-21(18-10-4-1-5-11-18)16-24(28-17-29,22(26)19-12-6-2-7-13-19)23(27)20-14-8-3-9-15-20/h1-15H,16-17,29H2. The predicted octanol–water partition coefficient (Wildman–Crippen LogP) is 4.61. The van der Waals surface area contributed by atoms with Crippen molar-refractivity contribution in [1.29, 1.82) is 0 Å². The van der Waals surface area contributed by atoms with Gasteiger partial charge in [0.05, 0.1) is 12.8 Å². The molecule has 0 heterocycles. The number of hydrogen-bond acceptors (Lipinski definition) is 4. The van der Waals surface area contributed by atoms with E-state index in [2.05, 4.69) is 9.24 Å². The first-order chi connectivity index (χ1) is 14.1. The molecule has 0 fully saturated rings. The van der Waals surface area contributed by atoms with Gasteiger partial charge in [-0.15, -0.1) is 9.24 Å². The lowest BCUT2D eigenvalue weighted by Crippen LogP contribution is -2.50. The van der Waals surface area contributed by atoms with E-state index in [1.807, 2.05) is 0 Å². The molecule has 146 valence electrons. The van der Waals surface area contributed by atoms with Crippen LogP contribution in [0.15, 0.2) is 91.0 Å². The highest BCUT2D eigenvalue weighted by molar-refractivity contribution is 7.16. The number of ether oxygens (including phenoxy) is 1. The van der Waals surface area contributed by atoms with Crippen LogP contribution in [0.25, 0.3) is 0 Å². The van der Waals surface area contributed by atoms with Gasteiger partial charge in [0.1, 0.15) is 0 Å². The van der Waals surface area contributed by atoms with Crippen molar-refractivity contribution in [2.75, 3.05) is 6.35 Å². The molecule has 3 aromatic rings. The summed E-state index contributed by atoms with van der Waals surface area (Å²) in [5, 5.41) is 0. The van der Waals surface area contributed by atoms with Gasteiger partial charge in [0.25, 0.3) is 0 Å². The Hall–Kier alpha value is -2.94. The summed E-state index contributed by atoms with van der Waals surface area (Å²) in [5.74, 6) is -1.39. The molecular weight excluding hydrogens is 383 g/mol. The second kappa shape index (κ2) is 9.51. The molecule has 4 nitrogen and oxygen atoms in total. The molecule has 1 unspecified atom stereocenters. The minimum atomic E-state index is -1.95. The zero-order valence-electron chi connectivity index (χ0n) is 15.8. The molecule has 0 N–H and O–H groups in total. The van der Waals surface area contributed by atoms with Crippen LogP contribution >= 0.6 is 9.24 Å². The maximum atomic E-state index is 13.5. The van der Waals surface area contributed by atoms with Gasteiger partial charge in [-0.1, -0.05) is 91.0 Å². The van der Waals surface area contributed by atoms with Crippen molar-refractivity contribution in [3.63, 3.8) is 0 Å². The first kappa shape index (κ1) is 20.8. The molecular formula is C24H21O4P. The number of carbonyl (C=O) groups excluding carboxylic acids is 3. The van der Waals surface area contributed by atoms with Gasteiger partial charge < -0.3 is 4.74 Å². The van der Waals surface area contributed by atoms with Crippen LogP contribution in [0.3, 0.4) is 0 Å². The molecule has 29 heavy (non-hydrogen) atoms. The van der Waals surface area contributed by atoms with Gasteiger partial charge in [0.2, 0.25) is 17.2 Å². The summed E-state index contributed by atoms with van der Waals surface area (Å²) < 4.78 is 5.80. The van der Waals surface area contributed by atoms with Crippen molar-refractivity contribution in [2.45, 2.75) is 12.0 Å². The van der Waals surface area contributed by atoms with E-state index in [9.17, 15) is 14.4 Å². The van der Waals surface area contributed by atoms with E-state index in [0.717, 1.165) is 0 Å². The molecule has 0 aliphatic heterocycles. The van der Waals surface area contributed by atoms with Crippen LogP contribution in [0, 0.1) is 0 Å². The van der Waals surface area contributed by atoms with Crippen molar-refractivity contribution in [2.24, 2.45) is 0 Å². The summed E-state index contributed by atoms with van der Waals surface area (Å²) >= 11 is 0. The minimum absolute atomic E-state index is 0.0270. The summed E-state index contributed by atoms with van der Waals surface area (Å²) in [6.45, 7) is 0. The number of Topliss-reactive ketones (excluding diaryl/α,β-unsaturated/α-hetero) is 3. The smallest absolute Gasteiger partial charge is 0.203 e. The maximum absolute atomic E-state index is 13.5. The van der Waals surface area contributed by atoms with Gasteiger partial charge in [-0.2, -0.15) is 0 Å². The van der Waals surface area contributed by atoms with Crippen LogP contribution in [-0.2, 0) is 4.74 Å². The molecule has 1 atom stereocenters. The molecule has 3 rings (SSSR count). The normalized spacial score (nSPS) is 11.1. The van der Waals surface area contributed by atoms with Crippen LogP contribution in [0.4, 0.5) is 0 Å². The van der Waals surface area contributed by atoms with Crippen molar-refractivity contribution >= 4 is 26.6 Å². The Labute approximate surface area is 172 Å². The SMILES string of the molecule is O=C(CC(OCP)(C(=O)c1ccccc1)C(=O)c1ccccc1)c1ccccc1. The Balaban J connectivity index is 2.10. The fourth-order valence-corrected chi connectivity index (χ4v) is 3.47.